The Morgan fingerprint density at radius 1 is 1.24 bits per heavy atom. The van der Waals surface area contributed by atoms with E-state index in [2.05, 4.69) is 57.1 Å². The average molecular weight is 286 g/mol. The van der Waals surface area contributed by atoms with Crippen molar-refractivity contribution in [2.24, 2.45) is 12.5 Å². The van der Waals surface area contributed by atoms with E-state index >= 15 is 0 Å². The van der Waals surface area contributed by atoms with Gasteiger partial charge in [0.15, 0.2) is 0 Å². The molecule has 0 N–H and O–H groups in total. The third kappa shape index (κ3) is 3.87. The molecule has 2 aromatic rings. The number of nitrogens with zero attached hydrogens (tertiary/aromatic N) is 2. The van der Waals surface area contributed by atoms with Crippen molar-refractivity contribution in [3.05, 3.63) is 47.3 Å². The van der Waals surface area contributed by atoms with Crippen LogP contribution < -0.4 is 4.74 Å². The lowest BCUT2D eigenvalue weighted by Crippen LogP contribution is -2.15. The zero-order chi connectivity index (χ0) is 15.6. The van der Waals surface area contributed by atoms with Gasteiger partial charge in [-0.1, -0.05) is 39.8 Å². The van der Waals surface area contributed by atoms with E-state index in [-0.39, 0.29) is 5.41 Å². The summed E-state index contributed by atoms with van der Waals surface area (Å²) in [6.45, 7) is 11.6. The highest BCUT2D eigenvalue weighted by molar-refractivity contribution is 5.31. The quantitative estimate of drug-likeness (QED) is 0.830. The maximum atomic E-state index is 5.93. The molecule has 0 aliphatic heterocycles. The highest BCUT2D eigenvalue weighted by atomic mass is 16.5. The molecule has 0 unspecified atom stereocenters. The van der Waals surface area contributed by atoms with Gasteiger partial charge in [-0.25, -0.2) is 0 Å². The molecular weight excluding hydrogens is 260 g/mol. The Morgan fingerprint density at radius 3 is 2.52 bits per heavy atom. The normalized spacial score (nSPS) is 13.2. The molecule has 1 aromatic carbocycles. The molecule has 0 fully saturated rings. The lowest BCUT2D eigenvalue weighted by atomic mass is 9.78. The van der Waals surface area contributed by atoms with E-state index in [1.807, 2.05) is 24.7 Å². The van der Waals surface area contributed by atoms with E-state index in [1.165, 1.54) is 5.56 Å². The summed E-state index contributed by atoms with van der Waals surface area (Å²) < 4.78 is 7.80. The van der Waals surface area contributed by atoms with Crippen molar-refractivity contribution in [2.75, 3.05) is 0 Å². The van der Waals surface area contributed by atoms with Gasteiger partial charge in [0.1, 0.15) is 12.4 Å². The first-order valence-electron chi connectivity index (χ1n) is 7.49. The average Bonchev–Trinajstić information content (AvgIpc) is 2.73. The van der Waals surface area contributed by atoms with Crippen molar-refractivity contribution < 1.29 is 4.74 Å². The van der Waals surface area contributed by atoms with Crippen LogP contribution in [0.15, 0.2) is 30.3 Å². The van der Waals surface area contributed by atoms with Gasteiger partial charge in [-0.3, -0.25) is 4.68 Å². The van der Waals surface area contributed by atoms with Crippen molar-refractivity contribution in [3.63, 3.8) is 0 Å². The SMILES string of the molecule is Cc1cc(COc2cccc([C@@H](C)C(C)(C)C)c2)n(C)n1. The molecule has 1 atom stereocenters. The fraction of sp³-hybridized carbons (Fsp3) is 0.500. The minimum Gasteiger partial charge on any atom is -0.487 e. The molecule has 0 aliphatic carbocycles. The second-order valence-electron chi connectivity index (χ2n) is 6.85. The number of aromatic nitrogens is 2. The van der Waals surface area contributed by atoms with E-state index in [4.69, 9.17) is 4.74 Å². The van der Waals surface area contributed by atoms with Gasteiger partial charge in [0.25, 0.3) is 0 Å². The molecule has 21 heavy (non-hydrogen) atoms. The van der Waals surface area contributed by atoms with Gasteiger partial charge in [0, 0.05) is 7.05 Å². The summed E-state index contributed by atoms with van der Waals surface area (Å²) in [5.41, 5.74) is 3.67. The number of hydrogen-bond donors (Lipinski definition) is 0. The van der Waals surface area contributed by atoms with Gasteiger partial charge in [-0.05, 0) is 42.0 Å². The first kappa shape index (κ1) is 15.6. The van der Waals surface area contributed by atoms with Crippen LogP contribution in [0.4, 0.5) is 0 Å². The molecule has 1 aromatic heterocycles. The minimum atomic E-state index is 0.248. The number of aryl methyl sites for hydroxylation is 2. The van der Waals surface area contributed by atoms with E-state index in [0.717, 1.165) is 17.1 Å². The summed E-state index contributed by atoms with van der Waals surface area (Å²) in [5, 5.41) is 4.34. The van der Waals surface area contributed by atoms with Crippen LogP contribution in [0.2, 0.25) is 0 Å². The smallest absolute Gasteiger partial charge is 0.130 e. The molecule has 2 rings (SSSR count). The molecule has 0 saturated heterocycles. The monoisotopic (exact) mass is 286 g/mol. The van der Waals surface area contributed by atoms with Gasteiger partial charge in [0.2, 0.25) is 0 Å². The maximum absolute atomic E-state index is 5.93. The molecule has 0 saturated carbocycles. The molecule has 3 heteroatoms. The number of benzene rings is 1. The minimum absolute atomic E-state index is 0.248. The molecule has 0 radical (unpaired) electrons. The molecule has 3 nitrogen and oxygen atoms in total. The standard InChI is InChI=1S/C18H26N2O/c1-13-10-16(20(6)19-13)12-21-17-9-7-8-15(11-17)14(2)18(3,4)5/h7-11,14H,12H2,1-6H3/t14-/m1/s1. The summed E-state index contributed by atoms with van der Waals surface area (Å²) in [6.07, 6.45) is 0. The van der Waals surface area contributed by atoms with Gasteiger partial charge in [-0.2, -0.15) is 5.10 Å². The third-order valence-corrected chi connectivity index (χ3v) is 4.14. The van der Waals surface area contributed by atoms with Crippen LogP contribution in [0.1, 0.15) is 50.6 Å². The topological polar surface area (TPSA) is 27.1 Å². The Labute approximate surface area is 127 Å². The Kier molecular flexibility index (Phi) is 4.40. The molecule has 0 aliphatic rings. The van der Waals surface area contributed by atoms with Crippen molar-refractivity contribution in [2.45, 2.75) is 47.1 Å². The number of hydrogen-bond acceptors (Lipinski definition) is 2. The second kappa shape index (κ2) is 5.92. The number of rotatable bonds is 4. The van der Waals surface area contributed by atoms with Gasteiger partial charge in [0.05, 0.1) is 11.4 Å². The largest absolute Gasteiger partial charge is 0.487 e. The number of ether oxygens (including phenoxy) is 1. The molecule has 0 amide bonds. The lowest BCUT2D eigenvalue weighted by molar-refractivity contribution is 0.292. The van der Waals surface area contributed by atoms with Crippen molar-refractivity contribution >= 4 is 0 Å². The van der Waals surface area contributed by atoms with Crippen molar-refractivity contribution in [3.8, 4) is 5.75 Å². The van der Waals surface area contributed by atoms with E-state index in [0.29, 0.717) is 12.5 Å². The summed E-state index contributed by atoms with van der Waals surface area (Å²) in [5.74, 6) is 1.41. The van der Waals surface area contributed by atoms with Crippen LogP contribution >= 0.6 is 0 Å². The van der Waals surface area contributed by atoms with Gasteiger partial charge in [-0.15, -0.1) is 0 Å². The third-order valence-electron chi connectivity index (χ3n) is 4.14. The first-order valence-corrected chi connectivity index (χ1v) is 7.49. The van der Waals surface area contributed by atoms with Crippen LogP contribution in [-0.2, 0) is 13.7 Å². The van der Waals surface area contributed by atoms with Gasteiger partial charge >= 0.3 is 0 Å². The van der Waals surface area contributed by atoms with Crippen LogP contribution in [0, 0.1) is 12.3 Å². The molecule has 1 heterocycles. The van der Waals surface area contributed by atoms with Gasteiger partial charge < -0.3 is 4.74 Å². The highest BCUT2D eigenvalue weighted by Crippen LogP contribution is 2.35. The fourth-order valence-electron chi connectivity index (χ4n) is 2.33. The van der Waals surface area contributed by atoms with Crippen molar-refractivity contribution in [1.29, 1.82) is 0 Å². The summed E-state index contributed by atoms with van der Waals surface area (Å²) in [7, 11) is 1.95. The van der Waals surface area contributed by atoms with Crippen LogP contribution in [-0.4, -0.2) is 9.78 Å². The zero-order valence-electron chi connectivity index (χ0n) is 14.0. The maximum Gasteiger partial charge on any atom is 0.130 e. The highest BCUT2D eigenvalue weighted by Gasteiger charge is 2.21. The molecule has 114 valence electrons. The molecule has 0 bridgehead atoms. The Balaban J connectivity index is 2.10. The predicted molar refractivity (Wildman–Crippen MR) is 86.6 cm³/mol. The zero-order valence-corrected chi connectivity index (χ0v) is 14.0. The van der Waals surface area contributed by atoms with E-state index in [1.54, 1.807) is 0 Å². The second-order valence-corrected chi connectivity index (χ2v) is 6.85. The van der Waals surface area contributed by atoms with Crippen LogP contribution in [0.3, 0.4) is 0 Å². The van der Waals surface area contributed by atoms with Crippen LogP contribution in [0.5, 0.6) is 5.75 Å². The molecule has 0 spiro atoms. The lowest BCUT2D eigenvalue weighted by Gasteiger charge is -2.27. The Hall–Kier alpha value is -1.77. The predicted octanol–water partition coefficient (Wildman–Crippen LogP) is 4.46. The summed E-state index contributed by atoms with van der Waals surface area (Å²) in [6, 6.07) is 10.5. The Bertz CT molecular complexity index is 608. The fourth-order valence-corrected chi connectivity index (χ4v) is 2.33. The van der Waals surface area contributed by atoms with Crippen molar-refractivity contribution in [1.82, 2.24) is 9.78 Å². The van der Waals surface area contributed by atoms with Crippen LogP contribution in [0.25, 0.3) is 0 Å². The summed E-state index contributed by atoms with van der Waals surface area (Å²) in [4.78, 5) is 0. The first-order chi connectivity index (χ1) is 9.77. The van der Waals surface area contributed by atoms with E-state index < -0.39 is 0 Å². The summed E-state index contributed by atoms with van der Waals surface area (Å²) >= 11 is 0. The molecular formula is C18H26N2O. The Morgan fingerprint density at radius 2 is 1.95 bits per heavy atom. The van der Waals surface area contributed by atoms with E-state index in [9.17, 15) is 0 Å².